The van der Waals surface area contributed by atoms with Crippen molar-refractivity contribution in [2.24, 2.45) is 5.11 Å². The maximum atomic E-state index is 13.6. The number of hydrogen-bond acceptors (Lipinski definition) is 6. The Bertz CT molecular complexity index is 1240. The van der Waals surface area contributed by atoms with Crippen molar-refractivity contribution >= 4 is 10.1 Å². The van der Waals surface area contributed by atoms with Crippen LogP contribution in [0.5, 0.6) is 5.75 Å². The Morgan fingerprint density at radius 3 is 2.56 bits per heavy atom. The summed E-state index contributed by atoms with van der Waals surface area (Å²) in [5.41, 5.74) is 9.50. The molecule has 9 nitrogen and oxygen atoms in total. The van der Waals surface area contributed by atoms with E-state index < -0.39 is 27.5 Å². The molecule has 0 amide bonds. The van der Waals surface area contributed by atoms with Crippen LogP contribution in [-0.2, 0) is 23.1 Å². The number of benzene rings is 1. The van der Waals surface area contributed by atoms with E-state index >= 15 is 0 Å². The van der Waals surface area contributed by atoms with Gasteiger partial charge in [-0.1, -0.05) is 25.0 Å². The summed E-state index contributed by atoms with van der Waals surface area (Å²) in [6.45, 7) is 3.67. The van der Waals surface area contributed by atoms with Crippen LogP contribution in [0, 0.1) is 11.6 Å². The quantitative estimate of drug-likeness (QED) is 0.202. The standard InChI is InChI=1S/C20H20F2N6O3S/c1-13(2)19-20(32(29,30)31-17-9-15(21)8-16(22)10-17)28(12-14-4-3-6-24-11-14)18(26-19)5-7-25-27-23/h3-4,6,8-11,13H,5,7,12H2,1-2H3. The highest BCUT2D eigenvalue weighted by molar-refractivity contribution is 7.87. The molecule has 0 spiro atoms. The highest BCUT2D eigenvalue weighted by Gasteiger charge is 2.31. The van der Waals surface area contributed by atoms with E-state index in [0.717, 1.165) is 12.1 Å². The Labute approximate surface area is 183 Å². The zero-order chi connectivity index (χ0) is 23.3. The molecule has 3 rings (SSSR count). The van der Waals surface area contributed by atoms with Gasteiger partial charge in [-0.3, -0.25) is 4.98 Å². The second kappa shape index (κ2) is 9.75. The molecule has 3 aromatic rings. The van der Waals surface area contributed by atoms with E-state index in [-0.39, 0.29) is 36.1 Å². The summed E-state index contributed by atoms with van der Waals surface area (Å²) in [6, 6.07) is 5.63. The molecular weight excluding hydrogens is 442 g/mol. The lowest BCUT2D eigenvalue weighted by Crippen LogP contribution is -2.19. The molecule has 12 heteroatoms. The Morgan fingerprint density at radius 2 is 1.97 bits per heavy atom. The molecule has 0 radical (unpaired) electrons. The lowest BCUT2D eigenvalue weighted by molar-refractivity contribution is 0.465. The van der Waals surface area contributed by atoms with Crippen LogP contribution in [0.25, 0.3) is 10.4 Å². The molecule has 0 aliphatic rings. The zero-order valence-corrected chi connectivity index (χ0v) is 18.1. The van der Waals surface area contributed by atoms with Gasteiger partial charge in [0.2, 0.25) is 0 Å². The van der Waals surface area contributed by atoms with E-state index in [0.29, 0.717) is 17.5 Å². The van der Waals surface area contributed by atoms with Gasteiger partial charge in [0.1, 0.15) is 23.2 Å². The Hall–Kier alpha value is -3.50. The second-order valence-corrected chi connectivity index (χ2v) is 8.63. The van der Waals surface area contributed by atoms with Crippen molar-refractivity contribution in [3.8, 4) is 5.75 Å². The van der Waals surface area contributed by atoms with E-state index in [1.807, 2.05) is 0 Å². The average molecular weight is 462 g/mol. The third-order valence-electron chi connectivity index (χ3n) is 4.41. The zero-order valence-electron chi connectivity index (χ0n) is 17.3. The minimum absolute atomic E-state index is 0.0630. The first-order valence-electron chi connectivity index (χ1n) is 9.61. The van der Waals surface area contributed by atoms with Crippen molar-refractivity contribution < 1.29 is 21.4 Å². The van der Waals surface area contributed by atoms with Crippen molar-refractivity contribution in [1.29, 1.82) is 0 Å². The number of nitrogens with zero attached hydrogens (tertiary/aromatic N) is 6. The SMILES string of the molecule is CC(C)c1nc(CCN=[N+]=[N-])n(Cc2cccnc2)c1S(=O)(=O)Oc1cc(F)cc(F)c1. The fourth-order valence-electron chi connectivity index (χ4n) is 3.11. The van der Waals surface area contributed by atoms with Gasteiger partial charge >= 0.3 is 10.1 Å². The predicted octanol–water partition coefficient (Wildman–Crippen LogP) is 4.35. The van der Waals surface area contributed by atoms with E-state index in [4.69, 9.17) is 9.71 Å². The molecule has 0 saturated carbocycles. The highest BCUT2D eigenvalue weighted by atomic mass is 32.2. The molecule has 0 bridgehead atoms. The minimum atomic E-state index is -4.54. The lowest BCUT2D eigenvalue weighted by atomic mass is 10.1. The van der Waals surface area contributed by atoms with E-state index in [1.54, 1.807) is 38.4 Å². The summed E-state index contributed by atoms with van der Waals surface area (Å²) in [6.07, 6.45) is 3.33. The van der Waals surface area contributed by atoms with Gasteiger partial charge in [0.15, 0.2) is 5.03 Å². The molecule has 0 aliphatic heterocycles. The van der Waals surface area contributed by atoms with Gasteiger partial charge in [-0.2, -0.15) is 8.42 Å². The van der Waals surface area contributed by atoms with Gasteiger partial charge in [0.05, 0.1) is 12.2 Å². The monoisotopic (exact) mass is 462 g/mol. The van der Waals surface area contributed by atoms with Gasteiger partial charge in [-0.15, -0.1) is 0 Å². The third kappa shape index (κ3) is 5.40. The summed E-state index contributed by atoms with van der Waals surface area (Å²) >= 11 is 0. The molecule has 0 atom stereocenters. The Morgan fingerprint density at radius 1 is 1.25 bits per heavy atom. The Kier molecular flexibility index (Phi) is 7.06. The maximum Gasteiger partial charge on any atom is 0.357 e. The molecule has 2 heterocycles. The summed E-state index contributed by atoms with van der Waals surface area (Å²) < 4.78 is 60.2. The lowest BCUT2D eigenvalue weighted by Gasteiger charge is -2.14. The van der Waals surface area contributed by atoms with Crippen LogP contribution < -0.4 is 4.18 Å². The number of hydrogen-bond donors (Lipinski definition) is 0. The molecule has 0 saturated heterocycles. The van der Waals surface area contributed by atoms with Gasteiger partial charge in [0, 0.05) is 48.5 Å². The van der Waals surface area contributed by atoms with Gasteiger partial charge in [-0.05, 0) is 23.1 Å². The molecule has 0 N–H and O–H groups in total. The van der Waals surface area contributed by atoms with Crippen molar-refractivity contribution in [3.63, 3.8) is 0 Å². The molecule has 0 fully saturated rings. The number of imidazole rings is 1. The van der Waals surface area contributed by atoms with Crippen LogP contribution in [0.3, 0.4) is 0 Å². The molecule has 2 aromatic heterocycles. The molecular formula is C20H20F2N6O3S. The molecule has 1 aromatic carbocycles. The first-order valence-corrected chi connectivity index (χ1v) is 11.0. The largest absolute Gasteiger partial charge is 0.378 e. The van der Waals surface area contributed by atoms with Crippen LogP contribution >= 0.6 is 0 Å². The van der Waals surface area contributed by atoms with Crippen molar-refractivity contribution in [1.82, 2.24) is 14.5 Å². The number of pyridine rings is 1. The first kappa shape index (κ1) is 23.2. The molecule has 0 unspecified atom stereocenters. The fourth-order valence-corrected chi connectivity index (χ4v) is 4.51. The smallest absolute Gasteiger partial charge is 0.357 e. The number of rotatable bonds is 9. The maximum absolute atomic E-state index is 13.6. The normalized spacial score (nSPS) is 11.4. The highest BCUT2D eigenvalue weighted by Crippen LogP contribution is 2.29. The van der Waals surface area contributed by atoms with Crippen LogP contribution in [0.1, 0.15) is 36.8 Å². The fraction of sp³-hybridized carbons (Fsp3) is 0.300. The van der Waals surface area contributed by atoms with Crippen molar-refractivity contribution in [2.45, 2.75) is 37.8 Å². The predicted molar refractivity (Wildman–Crippen MR) is 112 cm³/mol. The molecule has 32 heavy (non-hydrogen) atoms. The second-order valence-electron chi connectivity index (χ2n) is 7.17. The third-order valence-corrected chi connectivity index (χ3v) is 5.73. The number of azide groups is 1. The molecule has 0 aliphatic carbocycles. The van der Waals surface area contributed by atoms with Crippen molar-refractivity contribution in [3.05, 3.63) is 81.9 Å². The first-order chi connectivity index (χ1) is 15.2. The summed E-state index contributed by atoms with van der Waals surface area (Å²) in [7, 11) is -4.54. The van der Waals surface area contributed by atoms with E-state index in [2.05, 4.69) is 20.0 Å². The summed E-state index contributed by atoms with van der Waals surface area (Å²) in [4.78, 5) is 11.2. The Balaban J connectivity index is 2.15. The topological polar surface area (TPSA) is 123 Å². The average Bonchev–Trinajstić information content (AvgIpc) is 3.07. The summed E-state index contributed by atoms with van der Waals surface area (Å²) in [5, 5.41) is 3.26. The van der Waals surface area contributed by atoms with Gasteiger partial charge in [0.25, 0.3) is 0 Å². The van der Waals surface area contributed by atoms with Crippen LogP contribution in [0.2, 0.25) is 0 Å². The van der Waals surface area contributed by atoms with E-state index in [9.17, 15) is 17.2 Å². The van der Waals surface area contributed by atoms with Crippen LogP contribution in [-0.4, -0.2) is 29.5 Å². The summed E-state index contributed by atoms with van der Waals surface area (Å²) in [5.74, 6) is -2.41. The van der Waals surface area contributed by atoms with Crippen LogP contribution in [0.15, 0.2) is 52.9 Å². The van der Waals surface area contributed by atoms with Crippen LogP contribution in [0.4, 0.5) is 8.78 Å². The van der Waals surface area contributed by atoms with E-state index in [1.165, 1.54) is 4.57 Å². The van der Waals surface area contributed by atoms with Gasteiger partial charge in [-0.25, -0.2) is 13.8 Å². The van der Waals surface area contributed by atoms with Crippen molar-refractivity contribution in [2.75, 3.05) is 6.54 Å². The number of aromatic nitrogens is 3. The van der Waals surface area contributed by atoms with Gasteiger partial charge < -0.3 is 8.75 Å². The number of halogens is 2. The minimum Gasteiger partial charge on any atom is -0.378 e. The molecule has 168 valence electrons.